The van der Waals surface area contributed by atoms with Gasteiger partial charge in [-0.05, 0) is 55.3 Å². The van der Waals surface area contributed by atoms with Crippen LogP contribution >= 0.6 is 0 Å². The van der Waals surface area contributed by atoms with Crippen LogP contribution in [0, 0.1) is 5.82 Å². The molecular weight excluding hydrogens is 363 g/mol. The van der Waals surface area contributed by atoms with Crippen molar-refractivity contribution in [2.45, 2.75) is 32.1 Å². The summed E-state index contributed by atoms with van der Waals surface area (Å²) in [4.78, 5) is 34.8. The smallest absolute Gasteiger partial charge is 0.303 e. The van der Waals surface area contributed by atoms with Gasteiger partial charge in [0.25, 0.3) is 11.8 Å². The van der Waals surface area contributed by atoms with Crippen LogP contribution in [0.1, 0.15) is 52.8 Å². The van der Waals surface area contributed by atoms with Gasteiger partial charge in [0.05, 0.1) is 0 Å². The third kappa shape index (κ3) is 7.19. The molecule has 0 aliphatic heterocycles. The number of aliphatic carboxylic acids is 1. The highest BCUT2D eigenvalue weighted by Crippen LogP contribution is 2.13. The number of carbonyl (C=O) groups is 3. The van der Waals surface area contributed by atoms with Crippen LogP contribution in [0.2, 0.25) is 0 Å². The van der Waals surface area contributed by atoms with Crippen molar-refractivity contribution in [1.29, 1.82) is 0 Å². The van der Waals surface area contributed by atoms with Crippen LogP contribution in [0.5, 0.6) is 0 Å². The molecule has 2 aromatic carbocycles. The summed E-state index contributed by atoms with van der Waals surface area (Å²) in [6.45, 7) is 0.498. The van der Waals surface area contributed by atoms with Gasteiger partial charge >= 0.3 is 5.97 Å². The average molecular weight is 386 g/mol. The number of hydrogen-bond donors (Lipinski definition) is 3. The molecular formula is C21H23FN2O4. The molecule has 0 fully saturated rings. The number of amides is 2. The van der Waals surface area contributed by atoms with E-state index in [1.54, 1.807) is 24.3 Å². The van der Waals surface area contributed by atoms with Crippen molar-refractivity contribution in [1.82, 2.24) is 5.32 Å². The Labute approximate surface area is 162 Å². The predicted molar refractivity (Wildman–Crippen MR) is 104 cm³/mol. The SMILES string of the molecule is O=C(O)CCCCCCNC(=O)c1cccc(NC(=O)c2ccc(F)cc2)c1. The number of halogens is 1. The molecule has 0 aliphatic carbocycles. The van der Waals surface area contributed by atoms with Crippen molar-refractivity contribution in [3.8, 4) is 0 Å². The first kappa shape index (κ1) is 21.1. The van der Waals surface area contributed by atoms with Crippen molar-refractivity contribution >= 4 is 23.5 Å². The number of carboxylic acid groups (broad SMARTS) is 1. The molecule has 0 saturated heterocycles. The van der Waals surface area contributed by atoms with Crippen molar-refractivity contribution in [2.75, 3.05) is 11.9 Å². The third-order valence-corrected chi connectivity index (χ3v) is 4.09. The highest BCUT2D eigenvalue weighted by molar-refractivity contribution is 6.05. The molecule has 148 valence electrons. The average Bonchev–Trinajstić information content (AvgIpc) is 2.67. The minimum absolute atomic E-state index is 0.169. The largest absolute Gasteiger partial charge is 0.481 e. The van der Waals surface area contributed by atoms with Crippen LogP contribution < -0.4 is 10.6 Å². The first-order valence-corrected chi connectivity index (χ1v) is 9.12. The molecule has 28 heavy (non-hydrogen) atoms. The van der Waals surface area contributed by atoms with Gasteiger partial charge < -0.3 is 15.7 Å². The van der Waals surface area contributed by atoms with E-state index < -0.39 is 11.8 Å². The highest BCUT2D eigenvalue weighted by Gasteiger charge is 2.09. The molecule has 0 aliphatic rings. The molecule has 7 heteroatoms. The number of anilines is 1. The molecule has 0 spiro atoms. The van der Waals surface area contributed by atoms with Gasteiger partial charge in [0.1, 0.15) is 5.82 Å². The van der Waals surface area contributed by atoms with Gasteiger partial charge in [-0.2, -0.15) is 0 Å². The summed E-state index contributed by atoms with van der Waals surface area (Å²) in [5.74, 6) is -1.85. The first-order valence-electron chi connectivity index (χ1n) is 9.12. The van der Waals surface area contributed by atoms with Crippen LogP contribution in [0.15, 0.2) is 48.5 Å². The summed E-state index contributed by atoms with van der Waals surface area (Å²) in [5.41, 5.74) is 1.21. The Hall–Kier alpha value is -3.22. The zero-order valence-electron chi connectivity index (χ0n) is 15.4. The molecule has 0 atom stereocenters. The van der Waals surface area contributed by atoms with E-state index in [2.05, 4.69) is 10.6 Å². The van der Waals surface area contributed by atoms with Gasteiger partial charge in [-0.25, -0.2) is 4.39 Å². The zero-order chi connectivity index (χ0) is 20.4. The van der Waals surface area contributed by atoms with Crippen LogP contribution in [-0.2, 0) is 4.79 Å². The Bertz CT molecular complexity index is 821. The Morgan fingerprint density at radius 1 is 0.857 bits per heavy atom. The van der Waals surface area contributed by atoms with Crippen molar-refractivity contribution in [3.05, 3.63) is 65.5 Å². The monoisotopic (exact) mass is 386 g/mol. The van der Waals surface area contributed by atoms with Gasteiger partial charge in [0.15, 0.2) is 0 Å². The number of unbranched alkanes of at least 4 members (excludes halogenated alkanes) is 3. The molecule has 6 nitrogen and oxygen atoms in total. The lowest BCUT2D eigenvalue weighted by atomic mass is 10.1. The summed E-state index contributed by atoms with van der Waals surface area (Å²) in [6, 6.07) is 11.7. The summed E-state index contributed by atoms with van der Waals surface area (Å²) >= 11 is 0. The maximum atomic E-state index is 12.9. The minimum atomic E-state index is -0.792. The van der Waals surface area contributed by atoms with Gasteiger partial charge in [0, 0.05) is 29.8 Å². The second kappa shape index (κ2) is 10.8. The number of carbonyl (C=O) groups excluding carboxylic acids is 2. The predicted octanol–water partition coefficient (Wildman–Crippen LogP) is 3.84. The van der Waals surface area contributed by atoms with E-state index in [0.717, 1.165) is 19.3 Å². The number of carboxylic acids is 1. The second-order valence-corrected chi connectivity index (χ2v) is 6.36. The molecule has 2 amide bonds. The minimum Gasteiger partial charge on any atom is -0.481 e. The van der Waals surface area contributed by atoms with Crippen molar-refractivity contribution < 1.29 is 23.9 Å². The summed E-state index contributed by atoms with van der Waals surface area (Å²) in [6.07, 6.45) is 3.24. The molecule has 3 N–H and O–H groups in total. The fraction of sp³-hybridized carbons (Fsp3) is 0.286. The number of hydrogen-bond acceptors (Lipinski definition) is 3. The van der Waals surface area contributed by atoms with Crippen LogP contribution in [0.25, 0.3) is 0 Å². The quantitative estimate of drug-likeness (QED) is 0.541. The van der Waals surface area contributed by atoms with Crippen LogP contribution in [-0.4, -0.2) is 29.4 Å². The fourth-order valence-electron chi connectivity index (χ4n) is 2.60. The normalized spacial score (nSPS) is 10.3. The Morgan fingerprint density at radius 3 is 2.29 bits per heavy atom. The van der Waals surface area contributed by atoms with Crippen molar-refractivity contribution in [3.63, 3.8) is 0 Å². The Balaban J connectivity index is 1.79. The van der Waals surface area contributed by atoms with Crippen molar-refractivity contribution in [2.24, 2.45) is 0 Å². The molecule has 0 aromatic heterocycles. The number of rotatable bonds is 10. The zero-order valence-corrected chi connectivity index (χ0v) is 15.4. The van der Waals surface area contributed by atoms with E-state index in [0.29, 0.717) is 29.8 Å². The maximum absolute atomic E-state index is 12.9. The third-order valence-electron chi connectivity index (χ3n) is 4.09. The van der Waals surface area contributed by atoms with E-state index >= 15 is 0 Å². The number of nitrogens with one attached hydrogen (secondary N) is 2. The maximum Gasteiger partial charge on any atom is 0.303 e. The van der Waals surface area contributed by atoms with E-state index in [9.17, 15) is 18.8 Å². The summed E-state index contributed by atoms with van der Waals surface area (Å²) in [7, 11) is 0. The number of benzene rings is 2. The molecule has 0 unspecified atom stereocenters. The van der Waals surface area contributed by atoms with Gasteiger partial charge in [0.2, 0.25) is 0 Å². The molecule has 2 aromatic rings. The van der Waals surface area contributed by atoms with Gasteiger partial charge in [-0.3, -0.25) is 14.4 Å². The van der Waals surface area contributed by atoms with Crippen LogP contribution in [0.3, 0.4) is 0 Å². The molecule has 0 bridgehead atoms. The van der Waals surface area contributed by atoms with E-state index in [1.165, 1.54) is 24.3 Å². The standard InChI is InChI=1S/C21H23FN2O4/c22-17-11-9-15(10-12-17)21(28)24-18-7-5-6-16(14-18)20(27)23-13-4-2-1-3-8-19(25)26/h5-7,9-12,14H,1-4,8,13H2,(H,23,27)(H,24,28)(H,25,26). The highest BCUT2D eigenvalue weighted by atomic mass is 19.1. The van der Waals surface area contributed by atoms with Gasteiger partial charge in [-0.15, -0.1) is 0 Å². The van der Waals surface area contributed by atoms with Crippen LogP contribution in [0.4, 0.5) is 10.1 Å². The molecule has 0 heterocycles. The Kier molecular flexibility index (Phi) is 8.14. The van der Waals surface area contributed by atoms with Gasteiger partial charge in [-0.1, -0.05) is 18.9 Å². The Morgan fingerprint density at radius 2 is 1.57 bits per heavy atom. The van der Waals surface area contributed by atoms with E-state index in [1.807, 2.05) is 0 Å². The second-order valence-electron chi connectivity index (χ2n) is 6.36. The molecule has 2 rings (SSSR count). The molecule has 0 saturated carbocycles. The van der Waals surface area contributed by atoms with E-state index in [-0.39, 0.29) is 18.2 Å². The lowest BCUT2D eigenvalue weighted by molar-refractivity contribution is -0.137. The summed E-state index contributed by atoms with van der Waals surface area (Å²) < 4.78 is 12.9. The lowest BCUT2D eigenvalue weighted by Crippen LogP contribution is -2.24. The molecule has 0 radical (unpaired) electrons. The van der Waals surface area contributed by atoms with E-state index in [4.69, 9.17) is 5.11 Å². The lowest BCUT2D eigenvalue weighted by Gasteiger charge is -2.09. The topological polar surface area (TPSA) is 95.5 Å². The summed E-state index contributed by atoms with van der Waals surface area (Å²) in [5, 5.41) is 14.1. The fourth-order valence-corrected chi connectivity index (χ4v) is 2.60. The first-order chi connectivity index (χ1) is 13.5.